The van der Waals surface area contributed by atoms with Crippen LogP contribution in [0, 0.1) is 11.6 Å². The molecule has 3 atom stereocenters. The Labute approximate surface area is 124 Å². The SMILES string of the molecule is NCC(c1cc(F)ccc1F)N1CCOC2CCCCC21. The van der Waals surface area contributed by atoms with Crippen LogP contribution in [0.5, 0.6) is 0 Å². The van der Waals surface area contributed by atoms with E-state index in [1.54, 1.807) is 0 Å². The van der Waals surface area contributed by atoms with E-state index >= 15 is 0 Å². The van der Waals surface area contributed by atoms with Gasteiger partial charge in [-0.25, -0.2) is 8.78 Å². The Morgan fingerprint density at radius 2 is 2.10 bits per heavy atom. The molecule has 0 radical (unpaired) electrons. The third-order valence-corrected chi connectivity index (χ3v) is 4.72. The number of halogens is 2. The summed E-state index contributed by atoms with van der Waals surface area (Å²) in [5.74, 6) is -0.802. The first-order valence-electron chi connectivity index (χ1n) is 7.73. The van der Waals surface area contributed by atoms with Gasteiger partial charge in [0.2, 0.25) is 0 Å². The molecule has 3 nitrogen and oxygen atoms in total. The maximum absolute atomic E-state index is 14.1. The first-order valence-corrected chi connectivity index (χ1v) is 7.73. The first kappa shape index (κ1) is 14.9. The summed E-state index contributed by atoms with van der Waals surface area (Å²) in [5.41, 5.74) is 6.27. The second kappa shape index (κ2) is 6.38. The van der Waals surface area contributed by atoms with Crippen molar-refractivity contribution in [2.45, 2.75) is 43.9 Å². The Morgan fingerprint density at radius 1 is 1.29 bits per heavy atom. The second-order valence-corrected chi connectivity index (χ2v) is 5.92. The average Bonchev–Trinajstić information content (AvgIpc) is 2.51. The highest BCUT2D eigenvalue weighted by Gasteiger charge is 2.38. The van der Waals surface area contributed by atoms with Crippen molar-refractivity contribution in [1.29, 1.82) is 0 Å². The highest BCUT2D eigenvalue weighted by atomic mass is 19.1. The second-order valence-electron chi connectivity index (χ2n) is 5.92. The van der Waals surface area contributed by atoms with Crippen molar-refractivity contribution in [1.82, 2.24) is 4.90 Å². The molecule has 1 heterocycles. The van der Waals surface area contributed by atoms with Crippen molar-refractivity contribution in [3.63, 3.8) is 0 Å². The fraction of sp³-hybridized carbons (Fsp3) is 0.625. The molecule has 0 amide bonds. The number of rotatable bonds is 3. The zero-order chi connectivity index (χ0) is 14.8. The summed E-state index contributed by atoms with van der Waals surface area (Å²) in [4.78, 5) is 2.23. The van der Waals surface area contributed by atoms with Crippen LogP contribution >= 0.6 is 0 Å². The maximum Gasteiger partial charge on any atom is 0.128 e. The van der Waals surface area contributed by atoms with E-state index in [0.717, 1.165) is 31.9 Å². The highest BCUT2D eigenvalue weighted by molar-refractivity contribution is 5.23. The van der Waals surface area contributed by atoms with Crippen LogP contribution < -0.4 is 5.73 Å². The Balaban J connectivity index is 1.89. The summed E-state index contributed by atoms with van der Waals surface area (Å²) < 4.78 is 33.4. The average molecular weight is 296 g/mol. The number of morpholine rings is 1. The Morgan fingerprint density at radius 3 is 2.90 bits per heavy atom. The van der Waals surface area contributed by atoms with Crippen molar-refractivity contribution in [3.8, 4) is 0 Å². The Bertz CT molecular complexity index is 495. The van der Waals surface area contributed by atoms with Crippen LogP contribution in [-0.2, 0) is 4.74 Å². The van der Waals surface area contributed by atoms with Crippen LogP contribution in [-0.4, -0.2) is 36.7 Å². The summed E-state index contributed by atoms with van der Waals surface area (Å²) in [5, 5.41) is 0. The monoisotopic (exact) mass is 296 g/mol. The maximum atomic E-state index is 14.1. The van der Waals surface area contributed by atoms with Gasteiger partial charge in [-0.15, -0.1) is 0 Å². The Kier molecular flexibility index (Phi) is 4.52. The molecule has 1 saturated carbocycles. The molecule has 0 bridgehead atoms. The molecule has 21 heavy (non-hydrogen) atoms. The number of nitrogens with two attached hydrogens (primary N) is 1. The lowest BCUT2D eigenvalue weighted by molar-refractivity contribution is -0.102. The minimum atomic E-state index is -0.418. The van der Waals surface area contributed by atoms with Gasteiger partial charge in [-0.1, -0.05) is 12.8 Å². The minimum Gasteiger partial charge on any atom is -0.375 e. The van der Waals surface area contributed by atoms with E-state index in [1.165, 1.54) is 18.6 Å². The smallest absolute Gasteiger partial charge is 0.128 e. The molecular weight excluding hydrogens is 274 g/mol. The van der Waals surface area contributed by atoms with Gasteiger partial charge >= 0.3 is 0 Å². The molecule has 2 N–H and O–H groups in total. The summed E-state index contributed by atoms with van der Waals surface area (Å²) >= 11 is 0. The van der Waals surface area contributed by atoms with Gasteiger partial charge in [0.05, 0.1) is 18.8 Å². The minimum absolute atomic E-state index is 0.207. The quantitative estimate of drug-likeness (QED) is 0.932. The lowest BCUT2D eigenvalue weighted by atomic mass is 9.88. The van der Waals surface area contributed by atoms with Gasteiger partial charge < -0.3 is 10.5 Å². The predicted octanol–water partition coefficient (Wildman–Crippen LogP) is 2.61. The fourth-order valence-electron chi connectivity index (χ4n) is 3.72. The van der Waals surface area contributed by atoms with Crippen molar-refractivity contribution >= 4 is 0 Å². The molecule has 2 fully saturated rings. The number of benzene rings is 1. The van der Waals surface area contributed by atoms with Gasteiger partial charge in [0, 0.05) is 24.7 Å². The van der Waals surface area contributed by atoms with Crippen LogP contribution in [0.2, 0.25) is 0 Å². The number of hydrogen-bond donors (Lipinski definition) is 1. The molecule has 1 aliphatic heterocycles. The van der Waals surface area contributed by atoms with Gasteiger partial charge in [-0.05, 0) is 31.0 Å². The molecule has 1 saturated heterocycles. The van der Waals surface area contributed by atoms with Crippen LogP contribution in [0.25, 0.3) is 0 Å². The van der Waals surface area contributed by atoms with E-state index in [0.29, 0.717) is 12.2 Å². The molecule has 0 spiro atoms. The van der Waals surface area contributed by atoms with E-state index < -0.39 is 5.82 Å². The van der Waals surface area contributed by atoms with Crippen LogP contribution in [0.4, 0.5) is 8.78 Å². The molecule has 116 valence electrons. The first-order chi connectivity index (χ1) is 10.2. The van der Waals surface area contributed by atoms with Gasteiger partial charge in [0.15, 0.2) is 0 Å². The normalized spacial score (nSPS) is 28.1. The molecule has 1 aromatic rings. The molecule has 3 rings (SSSR count). The van der Waals surface area contributed by atoms with Crippen molar-refractivity contribution in [3.05, 3.63) is 35.4 Å². The molecule has 3 unspecified atom stereocenters. The van der Waals surface area contributed by atoms with Crippen molar-refractivity contribution in [2.75, 3.05) is 19.7 Å². The van der Waals surface area contributed by atoms with Crippen LogP contribution in [0.15, 0.2) is 18.2 Å². The molecular formula is C16H22F2N2O. The Hall–Kier alpha value is -1.04. The van der Waals surface area contributed by atoms with Gasteiger partial charge in [0.25, 0.3) is 0 Å². The molecule has 0 aromatic heterocycles. The lowest BCUT2D eigenvalue weighted by Crippen LogP contribution is -2.55. The zero-order valence-corrected chi connectivity index (χ0v) is 12.1. The van der Waals surface area contributed by atoms with Gasteiger partial charge in [-0.3, -0.25) is 4.90 Å². The predicted molar refractivity (Wildman–Crippen MR) is 76.9 cm³/mol. The van der Waals surface area contributed by atoms with Crippen LogP contribution in [0.3, 0.4) is 0 Å². The van der Waals surface area contributed by atoms with Crippen LogP contribution in [0.1, 0.15) is 37.3 Å². The topological polar surface area (TPSA) is 38.5 Å². The lowest BCUT2D eigenvalue weighted by Gasteiger charge is -2.47. The fourth-order valence-corrected chi connectivity index (χ4v) is 3.72. The molecule has 1 aliphatic carbocycles. The standard InChI is InChI=1S/C16H22F2N2O/c17-11-5-6-13(18)12(9-11)15(10-19)20-7-8-21-16-4-2-1-3-14(16)20/h5-6,9,14-16H,1-4,7-8,10,19H2. The van der Waals surface area contributed by atoms with Gasteiger partial charge in [0.1, 0.15) is 11.6 Å². The number of nitrogens with zero attached hydrogens (tertiary/aromatic N) is 1. The van der Waals surface area contributed by atoms with E-state index in [1.807, 2.05) is 0 Å². The number of fused-ring (bicyclic) bond motifs is 1. The zero-order valence-electron chi connectivity index (χ0n) is 12.1. The summed E-state index contributed by atoms with van der Waals surface area (Å²) in [6.45, 7) is 1.64. The summed E-state index contributed by atoms with van der Waals surface area (Å²) in [6, 6.07) is 3.60. The highest BCUT2D eigenvalue weighted by Crippen LogP contribution is 2.34. The van der Waals surface area contributed by atoms with E-state index in [9.17, 15) is 8.78 Å². The number of hydrogen-bond acceptors (Lipinski definition) is 3. The number of ether oxygens (including phenoxy) is 1. The third kappa shape index (κ3) is 2.96. The van der Waals surface area contributed by atoms with E-state index in [-0.39, 0.29) is 30.5 Å². The molecule has 1 aromatic carbocycles. The van der Waals surface area contributed by atoms with Gasteiger partial charge in [-0.2, -0.15) is 0 Å². The van der Waals surface area contributed by atoms with E-state index in [2.05, 4.69) is 4.90 Å². The summed E-state index contributed by atoms with van der Waals surface area (Å²) in [7, 11) is 0. The molecule has 5 heteroatoms. The molecule has 2 aliphatic rings. The van der Waals surface area contributed by atoms with Crippen molar-refractivity contribution < 1.29 is 13.5 Å². The largest absolute Gasteiger partial charge is 0.375 e. The third-order valence-electron chi connectivity index (χ3n) is 4.72. The van der Waals surface area contributed by atoms with E-state index in [4.69, 9.17) is 10.5 Å². The summed E-state index contributed by atoms with van der Waals surface area (Å²) in [6.07, 6.45) is 4.63. The van der Waals surface area contributed by atoms with Crippen molar-refractivity contribution in [2.24, 2.45) is 5.73 Å².